The van der Waals surface area contributed by atoms with Gasteiger partial charge in [-0.05, 0) is 43.7 Å². The van der Waals surface area contributed by atoms with Gasteiger partial charge < -0.3 is 9.84 Å². The number of nitrogens with one attached hydrogen (secondary N) is 1. The molecule has 0 bridgehead atoms. The first-order chi connectivity index (χ1) is 14.0. The van der Waals surface area contributed by atoms with Gasteiger partial charge >= 0.3 is 6.03 Å². The summed E-state index contributed by atoms with van der Waals surface area (Å²) < 4.78 is 19.4. The summed E-state index contributed by atoms with van der Waals surface area (Å²) in [5.41, 5.74) is 2.59. The third kappa shape index (κ3) is 3.61. The number of amides is 2. The van der Waals surface area contributed by atoms with E-state index in [1.54, 1.807) is 35.2 Å². The van der Waals surface area contributed by atoms with Crippen molar-refractivity contribution in [3.63, 3.8) is 0 Å². The highest BCUT2D eigenvalue weighted by atomic mass is 35.5. The normalized spacial score (nSPS) is 16.9. The number of hydrogen-bond acceptors (Lipinski definition) is 4. The standard InChI is InChI=1S/C21H18ClFN4O2/c1-3-27-12(2)17(18(24-21(27)28)13-6-5-9-16(23)11-13)20-25-19(26-29-20)14-7-4-8-15(22)10-14/h4-11,18H,3H2,1-2H3,(H,24,28). The molecule has 8 heteroatoms. The highest BCUT2D eigenvalue weighted by Gasteiger charge is 2.35. The van der Waals surface area contributed by atoms with Crippen molar-refractivity contribution in [1.29, 1.82) is 0 Å². The summed E-state index contributed by atoms with van der Waals surface area (Å²) in [5.74, 6) is 0.239. The number of hydrogen-bond donors (Lipinski definition) is 1. The molecule has 0 radical (unpaired) electrons. The maximum Gasteiger partial charge on any atom is 0.322 e. The Balaban J connectivity index is 1.83. The fraction of sp³-hybridized carbons (Fsp3) is 0.190. The number of benzene rings is 2. The highest BCUT2D eigenvalue weighted by molar-refractivity contribution is 6.30. The van der Waals surface area contributed by atoms with Crippen molar-refractivity contribution < 1.29 is 13.7 Å². The minimum absolute atomic E-state index is 0.255. The molecule has 0 saturated carbocycles. The fourth-order valence-electron chi connectivity index (χ4n) is 3.45. The summed E-state index contributed by atoms with van der Waals surface area (Å²) in [4.78, 5) is 18.7. The largest absolute Gasteiger partial charge is 0.334 e. The molecule has 0 fully saturated rings. The Morgan fingerprint density at radius 1 is 1.24 bits per heavy atom. The average Bonchev–Trinajstić information content (AvgIpc) is 3.17. The van der Waals surface area contributed by atoms with Crippen LogP contribution in [-0.2, 0) is 0 Å². The predicted molar refractivity (Wildman–Crippen MR) is 107 cm³/mol. The van der Waals surface area contributed by atoms with Crippen LogP contribution in [0, 0.1) is 5.82 Å². The lowest BCUT2D eigenvalue weighted by Crippen LogP contribution is -2.45. The molecule has 3 aromatic rings. The van der Waals surface area contributed by atoms with E-state index in [9.17, 15) is 9.18 Å². The van der Waals surface area contributed by atoms with Crippen molar-refractivity contribution in [3.8, 4) is 11.4 Å². The third-order valence-corrected chi connectivity index (χ3v) is 5.07. The number of carbonyl (C=O) groups excluding carboxylic acids is 1. The summed E-state index contributed by atoms with van der Waals surface area (Å²) in [5, 5.41) is 7.54. The van der Waals surface area contributed by atoms with Crippen LogP contribution in [-0.4, -0.2) is 27.6 Å². The lowest BCUT2D eigenvalue weighted by atomic mass is 9.94. The zero-order valence-electron chi connectivity index (χ0n) is 15.8. The predicted octanol–water partition coefficient (Wildman–Crippen LogP) is 5.05. The molecular formula is C21H18ClFN4O2. The van der Waals surface area contributed by atoms with Gasteiger partial charge in [-0.15, -0.1) is 0 Å². The molecule has 2 aromatic carbocycles. The first-order valence-electron chi connectivity index (χ1n) is 9.12. The first kappa shape index (κ1) is 19.1. The summed E-state index contributed by atoms with van der Waals surface area (Å²) in [6.45, 7) is 4.15. The monoisotopic (exact) mass is 412 g/mol. The molecule has 1 unspecified atom stereocenters. The van der Waals surface area contributed by atoms with Crippen molar-refractivity contribution in [2.24, 2.45) is 0 Å². The van der Waals surface area contributed by atoms with Crippen LogP contribution >= 0.6 is 11.6 Å². The van der Waals surface area contributed by atoms with Crippen molar-refractivity contribution in [3.05, 3.63) is 76.5 Å². The third-order valence-electron chi connectivity index (χ3n) is 4.83. The van der Waals surface area contributed by atoms with Crippen LogP contribution in [0.2, 0.25) is 5.02 Å². The van der Waals surface area contributed by atoms with Gasteiger partial charge in [0.2, 0.25) is 5.82 Å². The van der Waals surface area contributed by atoms with Crippen molar-refractivity contribution in [1.82, 2.24) is 20.4 Å². The molecule has 148 valence electrons. The SMILES string of the molecule is CCN1C(=O)NC(c2cccc(F)c2)C(c2nc(-c3cccc(Cl)c3)no2)=C1C. The van der Waals surface area contributed by atoms with Gasteiger partial charge in [-0.1, -0.05) is 41.0 Å². The molecule has 0 aliphatic carbocycles. The molecule has 6 nitrogen and oxygen atoms in total. The Labute approximate surface area is 172 Å². The van der Waals surface area contributed by atoms with Crippen LogP contribution in [0.25, 0.3) is 17.0 Å². The van der Waals surface area contributed by atoms with Crippen LogP contribution in [0.1, 0.15) is 31.3 Å². The molecular weight excluding hydrogens is 395 g/mol. The van der Waals surface area contributed by atoms with Gasteiger partial charge in [0.1, 0.15) is 5.82 Å². The van der Waals surface area contributed by atoms with E-state index in [0.29, 0.717) is 39.8 Å². The molecule has 0 saturated heterocycles. The number of allylic oxidation sites excluding steroid dienone is 1. The smallest absolute Gasteiger partial charge is 0.322 e. The van der Waals surface area contributed by atoms with Gasteiger partial charge in [0, 0.05) is 22.8 Å². The van der Waals surface area contributed by atoms with E-state index < -0.39 is 11.9 Å². The molecule has 2 amide bonds. The Bertz CT molecular complexity index is 1110. The van der Waals surface area contributed by atoms with Crippen LogP contribution in [0.5, 0.6) is 0 Å². The second-order valence-corrected chi connectivity index (χ2v) is 7.05. The summed E-state index contributed by atoms with van der Waals surface area (Å²) in [6.07, 6.45) is 0. The van der Waals surface area contributed by atoms with Gasteiger partial charge in [0.15, 0.2) is 0 Å². The lowest BCUT2D eigenvalue weighted by Gasteiger charge is -2.34. The minimum atomic E-state index is -0.617. The Kier molecular flexibility index (Phi) is 5.07. The van der Waals surface area contributed by atoms with Crippen LogP contribution in [0.3, 0.4) is 0 Å². The molecule has 1 aliphatic heterocycles. The Morgan fingerprint density at radius 3 is 2.76 bits per heavy atom. The molecule has 29 heavy (non-hydrogen) atoms. The van der Waals surface area contributed by atoms with Crippen LogP contribution in [0.4, 0.5) is 9.18 Å². The quantitative estimate of drug-likeness (QED) is 0.651. The summed E-state index contributed by atoms with van der Waals surface area (Å²) >= 11 is 6.06. The second-order valence-electron chi connectivity index (χ2n) is 6.61. The van der Waals surface area contributed by atoms with Gasteiger partial charge in [-0.3, -0.25) is 4.90 Å². The number of halogens is 2. The maximum absolute atomic E-state index is 13.8. The van der Waals surface area contributed by atoms with Crippen LogP contribution in [0.15, 0.2) is 58.8 Å². The Morgan fingerprint density at radius 2 is 2.03 bits per heavy atom. The average molecular weight is 413 g/mol. The molecule has 4 rings (SSSR count). The van der Waals surface area contributed by atoms with E-state index in [1.165, 1.54) is 12.1 Å². The molecule has 1 N–H and O–H groups in total. The maximum atomic E-state index is 13.8. The van der Waals surface area contributed by atoms with Crippen molar-refractivity contribution in [2.75, 3.05) is 6.54 Å². The van der Waals surface area contributed by atoms with Gasteiger partial charge in [0.05, 0.1) is 11.6 Å². The van der Waals surface area contributed by atoms with E-state index in [0.717, 1.165) is 0 Å². The van der Waals surface area contributed by atoms with Gasteiger partial charge in [0.25, 0.3) is 5.89 Å². The minimum Gasteiger partial charge on any atom is -0.334 e. The van der Waals surface area contributed by atoms with E-state index >= 15 is 0 Å². The van der Waals surface area contributed by atoms with Gasteiger partial charge in [-0.25, -0.2) is 9.18 Å². The molecule has 2 heterocycles. The fourth-order valence-corrected chi connectivity index (χ4v) is 3.64. The summed E-state index contributed by atoms with van der Waals surface area (Å²) in [6, 6.07) is 12.3. The zero-order chi connectivity index (χ0) is 20.5. The zero-order valence-corrected chi connectivity index (χ0v) is 16.6. The molecule has 1 aliphatic rings. The van der Waals surface area contributed by atoms with Crippen molar-refractivity contribution in [2.45, 2.75) is 19.9 Å². The first-order valence-corrected chi connectivity index (χ1v) is 9.50. The number of urea groups is 1. The lowest BCUT2D eigenvalue weighted by molar-refractivity contribution is 0.207. The van der Waals surface area contributed by atoms with E-state index in [2.05, 4.69) is 15.5 Å². The summed E-state index contributed by atoms with van der Waals surface area (Å²) in [7, 11) is 0. The number of carbonyl (C=O) groups is 1. The second kappa shape index (κ2) is 7.67. The van der Waals surface area contributed by atoms with E-state index in [-0.39, 0.29) is 11.9 Å². The highest BCUT2D eigenvalue weighted by Crippen LogP contribution is 2.37. The van der Waals surface area contributed by atoms with E-state index in [4.69, 9.17) is 16.1 Å². The molecule has 1 atom stereocenters. The molecule has 0 spiro atoms. The Hall–Kier alpha value is -3.19. The van der Waals surface area contributed by atoms with Crippen LogP contribution < -0.4 is 5.32 Å². The number of nitrogens with zero attached hydrogens (tertiary/aromatic N) is 3. The number of aromatic nitrogens is 2. The topological polar surface area (TPSA) is 71.3 Å². The van der Waals surface area contributed by atoms with E-state index in [1.807, 2.05) is 19.9 Å². The molecule has 1 aromatic heterocycles. The van der Waals surface area contributed by atoms with Gasteiger partial charge in [-0.2, -0.15) is 4.98 Å². The number of rotatable bonds is 4. The van der Waals surface area contributed by atoms with Crippen molar-refractivity contribution >= 4 is 23.2 Å².